The Morgan fingerprint density at radius 2 is 2.30 bits per heavy atom. The van der Waals surface area contributed by atoms with Crippen LogP contribution in [-0.2, 0) is 13.1 Å². The number of hydrogen-bond acceptors (Lipinski definition) is 5. The van der Waals surface area contributed by atoms with Crippen molar-refractivity contribution in [2.75, 3.05) is 6.54 Å². The standard InChI is InChI=1S/C14H16N4O2/c1-11-12(10-15-6-8-18-7-3-5-16-18)17-14(20-11)13-4-2-9-19-13/h2-5,7,9,15H,6,8,10H2,1H3. The fourth-order valence-electron chi connectivity index (χ4n) is 1.93. The van der Waals surface area contributed by atoms with Crippen LogP contribution in [0.15, 0.2) is 45.7 Å². The molecular weight excluding hydrogens is 256 g/mol. The summed E-state index contributed by atoms with van der Waals surface area (Å²) in [5.74, 6) is 1.98. The maximum atomic E-state index is 5.60. The van der Waals surface area contributed by atoms with Crippen LogP contribution in [0.1, 0.15) is 11.5 Å². The van der Waals surface area contributed by atoms with E-state index in [-0.39, 0.29) is 0 Å². The molecule has 0 spiro atoms. The van der Waals surface area contributed by atoms with Crippen LogP contribution in [0.5, 0.6) is 0 Å². The van der Waals surface area contributed by atoms with Gasteiger partial charge < -0.3 is 14.2 Å². The fourth-order valence-corrected chi connectivity index (χ4v) is 1.93. The lowest BCUT2D eigenvalue weighted by Crippen LogP contribution is -2.20. The van der Waals surface area contributed by atoms with E-state index < -0.39 is 0 Å². The largest absolute Gasteiger partial charge is 0.459 e. The molecule has 3 rings (SSSR count). The zero-order chi connectivity index (χ0) is 13.8. The number of aryl methyl sites for hydroxylation is 1. The van der Waals surface area contributed by atoms with Gasteiger partial charge in [-0.15, -0.1) is 0 Å². The fraction of sp³-hybridized carbons (Fsp3) is 0.286. The normalized spacial score (nSPS) is 11.1. The summed E-state index contributed by atoms with van der Waals surface area (Å²) in [5.41, 5.74) is 0.900. The van der Waals surface area contributed by atoms with E-state index in [1.54, 1.807) is 12.5 Å². The zero-order valence-electron chi connectivity index (χ0n) is 11.2. The second-order valence-corrected chi connectivity index (χ2v) is 4.45. The monoisotopic (exact) mass is 272 g/mol. The molecule has 3 aromatic heterocycles. The Bertz CT molecular complexity index is 641. The summed E-state index contributed by atoms with van der Waals surface area (Å²) in [4.78, 5) is 4.44. The first kappa shape index (κ1) is 12.7. The number of nitrogens with zero attached hydrogens (tertiary/aromatic N) is 3. The highest BCUT2D eigenvalue weighted by Gasteiger charge is 2.12. The molecule has 20 heavy (non-hydrogen) atoms. The minimum absolute atomic E-state index is 0.524. The van der Waals surface area contributed by atoms with Gasteiger partial charge in [-0.25, -0.2) is 4.98 Å². The summed E-state index contributed by atoms with van der Waals surface area (Å²) in [6.07, 6.45) is 5.33. The lowest BCUT2D eigenvalue weighted by molar-refractivity contribution is 0.498. The third-order valence-electron chi connectivity index (χ3n) is 2.99. The molecule has 0 aromatic carbocycles. The van der Waals surface area contributed by atoms with Crippen molar-refractivity contribution in [3.05, 3.63) is 48.3 Å². The predicted molar refractivity (Wildman–Crippen MR) is 72.9 cm³/mol. The molecule has 0 saturated carbocycles. The molecule has 1 N–H and O–H groups in total. The summed E-state index contributed by atoms with van der Waals surface area (Å²) >= 11 is 0. The smallest absolute Gasteiger partial charge is 0.263 e. The first-order valence-electron chi connectivity index (χ1n) is 6.51. The molecule has 0 fully saturated rings. The Hall–Kier alpha value is -2.34. The lowest BCUT2D eigenvalue weighted by Gasteiger charge is -2.03. The molecule has 0 aliphatic carbocycles. The summed E-state index contributed by atoms with van der Waals surface area (Å²) < 4.78 is 12.8. The molecule has 3 heterocycles. The lowest BCUT2D eigenvalue weighted by atomic mass is 10.3. The molecule has 0 aliphatic rings. The van der Waals surface area contributed by atoms with E-state index >= 15 is 0 Å². The van der Waals surface area contributed by atoms with E-state index in [1.165, 1.54) is 0 Å². The highest BCUT2D eigenvalue weighted by Crippen LogP contribution is 2.21. The van der Waals surface area contributed by atoms with Gasteiger partial charge in [0.05, 0.1) is 18.5 Å². The molecule has 6 heteroatoms. The van der Waals surface area contributed by atoms with E-state index in [9.17, 15) is 0 Å². The van der Waals surface area contributed by atoms with Crippen molar-refractivity contribution in [2.45, 2.75) is 20.0 Å². The molecule has 0 saturated heterocycles. The van der Waals surface area contributed by atoms with Gasteiger partial charge in [0.25, 0.3) is 5.89 Å². The van der Waals surface area contributed by atoms with Crippen LogP contribution in [0.2, 0.25) is 0 Å². The molecule has 0 aliphatic heterocycles. The van der Waals surface area contributed by atoms with Crippen molar-refractivity contribution in [3.8, 4) is 11.7 Å². The van der Waals surface area contributed by atoms with Crippen LogP contribution in [0.25, 0.3) is 11.7 Å². The van der Waals surface area contributed by atoms with Crippen LogP contribution in [0.4, 0.5) is 0 Å². The topological polar surface area (TPSA) is 69.0 Å². The minimum atomic E-state index is 0.524. The molecule has 3 aromatic rings. The predicted octanol–water partition coefficient (Wildman–Crippen LogP) is 2.23. The quantitative estimate of drug-likeness (QED) is 0.697. The van der Waals surface area contributed by atoms with Gasteiger partial charge in [-0.05, 0) is 25.1 Å². The van der Waals surface area contributed by atoms with E-state index in [2.05, 4.69) is 15.4 Å². The third kappa shape index (κ3) is 2.80. The van der Waals surface area contributed by atoms with Gasteiger partial charge in [-0.1, -0.05) is 0 Å². The van der Waals surface area contributed by atoms with E-state index in [4.69, 9.17) is 8.83 Å². The van der Waals surface area contributed by atoms with E-state index in [1.807, 2.05) is 36.0 Å². The molecule has 0 bridgehead atoms. The van der Waals surface area contributed by atoms with Crippen LogP contribution < -0.4 is 5.32 Å². The Kier molecular flexibility index (Phi) is 3.64. The average molecular weight is 272 g/mol. The summed E-state index contributed by atoms with van der Waals surface area (Å²) in [7, 11) is 0. The van der Waals surface area contributed by atoms with Crippen molar-refractivity contribution < 1.29 is 8.83 Å². The number of oxazole rings is 1. The number of nitrogens with one attached hydrogen (secondary N) is 1. The molecule has 104 valence electrons. The summed E-state index contributed by atoms with van der Waals surface area (Å²) in [6, 6.07) is 5.56. The van der Waals surface area contributed by atoms with Gasteiger partial charge in [0, 0.05) is 25.5 Å². The number of furan rings is 1. The molecular formula is C14H16N4O2. The van der Waals surface area contributed by atoms with Gasteiger partial charge in [-0.2, -0.15) is 5.10 Å². The van der Waals surface area contributed by atoms with Crippen molar-refractivity contribution in [2.24, 2.45) is 0 Å². The highest BCUT2D eigenvalue weighted by molar-refractivity contribution is 5.44. The Balaban J connectivity index is 1.55. The Labute approximate surface area is 116 Å². The molecule has 0 atom stereocenters. The number of rotatable bonds is 6. The van der Waals surface area contributed by atoms with Crippen LogP contribution >= 0.6 is 0 Å². The summed E-state index contributed by atoms with van der Waals surface area (Å²) in [6.45, 7) is 4.22. The van der Waals surface area contributed by atoms with Crippen LogP contribution in [0.3, 0.4) is 0 Å². The SMILES string of the molecule is Cc1oc(-c2ccco2)nc1CNCCn1cccn1. The molecule has 0 radical (unpaired) electrons. The van der Waals surface area contributed by atoms with Gasteiger partial charge >= 0.3 is 0 Å². The van der Waals surface area contributed by atoms with Gasteiger partial charge in [0.1, 0.15) is 5.76 Å². The minimum Gasteiger partial charge on any atom is -0.459 e. The van der Waals surface area contributed by atoms with Crippen molar-refractivity contribution in [3.63, 3.8) is 0 Å². The zero-order valence-corrected chi connectivity index (χ0v) is 11.2. The first-order valence-corrected chi connectivity index (χ1v) is 6.51. The maximum absolute atomic E-state index is 5.60. The van der Waals surface area contributed by atoms with Crippen LogP contribution in [-0.4, -0.2) is 21.3 Å². The number of hydrogen-bond donors (Lipinski definition) is 1. The second-order valence-electron chi connectivity index (χ2n) is 4.45. The molecule has 0 unspecified atom stereocenters. The average Bonchev–Trinajstić information content (AvgIpc) is 3.17. The second kappa shape index (κ2) is 5.75. The Morgan fingerprint density at radius 3 is 3.05 bits per heavy atom. The first-order chi connectivity index (χ1) is 9.83. The molecule has 0 amide bonds. The van der Waals surface area contributed by atoms with Crippen molar-refractivity contribution in [1.82, 2.24) is 20.1 Å². The van der Waals surface area contributed by atoms with Gasteiger partial charge in [0.2, 0.25) is 0 Å². The highest BCUT2D eigenvalue weighted by atomic mass is 16.4. The molecule has 6 nitrogen and oxygen atoms in total. The van der Waals surface area contributed by atoms with E-state index in [0.29, 0.717) is 18.2 Å². The van der Waals surface area contributed by atoms with Crippen LogP contribution in [0, 0.1) is 6.92 Å². The van der Waals surface area contributed by atoms with Gasteiger partial charge in [0.15, 0.2) is 5.76 Å². The summed E-state index contributed by atoms with van der Waals surface area (Å²) in [5, 5.41) is 7.47. The van der Waals surface area contributed by atoms with Crippen molar-refractivity contribution in [1.29, 1.82) is 0 Å². The maximum Gasteiger partial charge on any atom is 0.263 e. The van der Waals surface area contributed by atoms with Crippen molar-refractivity contribution >= 4 is 0 Å². The number of aromatic nitrogens is 3. The van der Waals surface area contributed by atoms with Gasteiger partial charge in [-0.3, -0.25) is 4.68 Å². The Morgan fingerprint density at radius 1 is 1.35 bits per heavy atom. The third-order valence-corrected chi connectivity index (χ3v) is 2.99. The van der Waals surface area contributed by atoms with E-state index in [0.717, 1.165) is 24.5 Å².